The van der Waals surface area contributed by atoms with E-state index in [0.29, 0.717) is 11.1 Å². The molecule has 20 heavy (non-hydrogen) atoms. The lowest BCUT2D eigenvalue weighted by Crippen LogP contribution is -2.41. The van der Waals surface area contributed by atoms with E-state index >= 15 is 0 Å². The van der Waals surface area contributed by atoms with Gasteiger partial charge in [-0.3, -0.25) is 0 Å². The van der Waals surface area contributed by atoms with Gasteiger partial charge in [0.05, 0.1) is 0 Å². The number of hydrogen-bond acceptors (Lipinski definition) is 1. The van der Waals surface area contributed by atoms with Crippen molar-refractivity contribution >= 4 is 0 Å². The molecule has 2 aromatic carbocycles. The molecule has 1 nitrogen and oxygen atoms in total. The van der Waals surface area contributed by atoms with Crippen LogP contribution in [0.5, 0.6) is 0 Å². The molecule has 0 aliphatic carbocycles. The molecule has 2 N–H and O–H groups in total. The van der Waals surface area contributed by atoms with Crippen molar-refractivity contribution in [2.45, 2.75) is 25.3 Å². The molecule has 0 heterocycles. The molecule has 4 heteroatoms. The molecular formula is C16H16F3N. The lowest BCUT2D eigenvalue weighted by atomic mass is 9.87. The molecule has 0 spiro atoms. The van der Waals surface area contributed by atoms with E-state index in [1.165, 1.54) is 18.2 Å². The van der Waals surface area contributed by atoms with Gasteiger partial charge in [-0.05, 0) is 43.0 Å². The van der Waals surface area contributed by atoms with Crippen molar-refractivity contribution in [2.24, 2.45) is 5.73 Å². The van der Waals surface area contributed by atoms with Gasteiger partial charge in [0.2, 0.25) is 0 Å². The molecule has 0 aliphatic rings. The molecule has 0 fully saturated rings. The molecule has 0 aromatic heterocycles. The molecule has 2 rings (SSSR count). The molecule has 0 saturated carbocycles. The van der Waals surface area contributed by atoms with Gasteiger partial charge >= 0.3 is 0 Å². The fourth-order valence-corrected chi connectivity index (χ4v) is 2.24. The van der Waals surface area contributed by atoms with E-state index in [0.717, 1.165) is 6.07 Å². The number of rotatable bonds is 4. The molecule has 0 saturated heterocycles. The Balaban J connectivity index is 2.17. The first-order valence-corrected chi connectivity index (χ1v) is 6.34. The monoisotopic (exact) mass is 279 g/mol. The lowest BCUT2D eigenvalue weighted by molar-refractivity contribution is 0.440. The quantitative estimate of drug-likeness (QED) is 0.909. The minimum absolute atomic E-state index is 0.202. The summed E-state index contributed by atoms with van der Waals surface area (Å²) in [6.07, 6.45) is 0.476. The summed E-state index contributed by atoms with van der Waals surface area (Å²) in [6.45, 7) is 1.72. The van der Waals surface area contributed by atoms with Gasteiger partial charge < -0.3 is 5.73 Å². The van der Waals surface area contributed by atoms with E-state index in [1.54, 1.807) is 25.1 Å². The fourth-order valence-electron chi connectivity index (χ4n) is 2.24. The zero-order valence-electron chi connectivity index (χ0n) is 11.2. The van der Waals surface area contributed by atoms with Crippen molar-refractivity contribution < 1.29 is 13.2 Å². The van der Waals surface area contributed by atoms with Gasteiger partial charge in [-0.1, -0.05) is 24.3 Å². The maximum Gasteiger partial charge on any atom is 0.129 e. The second kappa shape index (κ2) is 5.67. The van der Waals surface area contributed by atoms with Crippen LogP contribution in [-0.2, 0) is 12.8 Å². The van der Waals surface area contributed by atoms with Crippen molar-refractivity contribution in [2.75, 3.05) is 0 Å². The summed E-state index contributed by atoms with van der Waals surface area (Å²) in [5, 5.41) is 0. The standard InChI is InChI=1S/C16H16F3N/c1-16(20,9-11-4-2-3-5-14(11)18)10-12-6-7-13(17)8-15(12)19/h2-8H,9-10,20H2,1H3. The minimum atomic E-state index is -0.819. The Morgan fingerprint density at radius 3 is 2.10 bits per heavy atom. The third-order valence-corrected chi connectivity index (χ3v) is 3.16. The highest BCUT2D eigenvalue weighted by molar-refractivity contribution is 5.24. The Labute approximate surface area is 116 Å². The maximum absolute atomic E-state index is 13.6. The van der Waals surface area contributed by atoms with Crippen LogP contribution < -0.4 is 5.73 Å². The summed E-state index contributed by atoms with van der Waals surface area (Å²) >= 11 is 0. The third-order valence-electron chi connectivity index (χ3n) is 3.16. The van der Waals surface area contributed by atoms with Crippen molar-refractivity contribution in [1.29, 1.82) is 0 Å². The number of halogens is 3. The van der Waals surface area contributed by atoms with Gasteiger partial charge in [0.1, 0.15) is 17.5 Å². The predicted octanol–water partition coefficient (Wildman–Crippen LogP) is 3.61. The SMILES string of the molecule is CC(N)(Cc1ccccc1F)Cc1ccc(F)cc1F. The Morgan fingerprint density at radius 1 is 0.900 bits per heavy atom. The molecule has 0 amide bonds. The molecule has 0 aliphatic heterocycles. The van der Waals surface area contributed by atoms with Gasteiger partial charge in [-0.2, -0.15) is 0 Å². The van der Waals surface area contributed by atoms with Crippen LogP contribution in [0.4, 0.5) is 13.2 Å². The Hall–Kier alpha value is -1.81. The molecule has 1 atom stereocenters. The van der Waals surface area contributed by atoms with E-state index in [4.69, 9.17) is 5.73 Å². The van der Waals surface area contributed by atoms with Crippen LogP contribution in [0, 0.1) is 17.5 Å². The van der Waals surface area contributed by atoms with Crippen molar-refractivity contribution in [3.63, 3.8) is 0 Å². The Bertz CT molecular complexity index is 608. The molecular weight excluding hydrogens is 263 g/mol. The average molecular weight is 279 g/mol. The Kier molecular flexibility index (Phi) is 4.14. The summed E-state index contributed by atoms with van der Waals surface area (Å²) in [5.74, 6) is -1.59. The van der Waals surface area contributed by atoms with Gasteiger partial charge in [0.25, 0.3) is 0 Å². The molecule has 0 radical (unpaired) electrons. The van der Waals surface area contributed by atoms with Gasteiger partial charge in [-0.25, -0.2) is 13.2 Å². The largest absolute Gasteiger partial charge is 0.325 e. The zero-order valence-corrected chi connectivity index (χ0v) is 11.2. The van der Waals surface area contributed by atoms with Crippen molar-refractivity contribution in [3.05, 3.63) is 71.0 Å². The summed E-state index contributed by atoms with van der Waals surface area (Å²) in [6, 6.07) is 9.74. The topological polar surface area (TPSA) is 26.0 Å². The Morgan fingerprint density at radius 2 is 1.50 bits per heavy atom. The first-order valence-electron chi connectivity index (χ1n) is 6.34. The van der Waals surface area contributed by atoms with Crippen LogP contribution in [0.25, 0.3) is 0 Å². The van der Waals surface area contributed by atoms with Crippen LogP contribution in [0.2, 0.25) is 0 Å². The number of hydrogen-bond donors (Lipinski definition) is 1. The molecule has 0 bridgehead atoms. The zero-order chi connectivity index (χ0) is 14.8. The van der Waals surface area contributed by atoms with E-state index in [9.17, 15) is 13.2 Å². The minimum Gasteiger partial charge on any atom is -0.325 e. The summed E-state index contributed by atoms with van der Waals surface area (Å²) in [7, 11) is 0. The highest BCUT2D eigenvalue weighted by Gasteiger charge is 2.23. The highest BCUT2D eigenvalue weighted by Crippen LogP contribution is 2.20. The van der Waals surface area contributed by atoms with Crippen LogP contribution in [-0.4, -0.2) is 5.54 Å². The van der Waals surface area contributed by atoms with Crippen molar-refractivity contribution in [3.8, 4) is 0 Å². The highest BCUT2D eigenvalue weighted by atomic mass is 19.1. The van der Waals surface area contributed by atoms with Gasteiger partial charge in [0, 0.05) is 11.6 Å². The smallest absolute Gasteiger partial charge is 0.129 e. The van der Waals surface area contributed by atoms with Crippen LogP contribution in [0.1, 0.15) is 18.1 Å². The first kappa shape index (κ1) is 14.6. The van der Waals surface area contributed by atoms with Crippen LogP contribution >= 0.6 is 0 Å². The van der Waals surface area contributed by atoms with Gasteiger partial charge in [0.15, 0.2) is 0 Å². The van der Waals surface area contributed by atoms with Gasteiger partial charge in [-0.15, -0.1) is 0 Å². The fraction of sp³-hybridized carbons (Fsp3) is 0.250. The maximum atomic E-state index is 13.6. The second-order valence-corrected chi connectivity index (χ2v) is 5.33. The van der Waals surface area contributed by atoms with Crippen molar-refractivity contribution in [1.82, 2.24) is 0 Å². The predicted molar refractivity (Wildman–Crippen MR) is 72.8 cm³/mol. The summed E-state index contributed by atoms with van der Waals surface area (Å²) in [5.41, 5.74) is 6.12. The van der Waals surface area contributed by atoms with Crippen LogP contribution in [0.15, 0.2) is 42.5 Å². The van der Waals surface area contributed by atoms with Crippen LogP contribution in [0.3, 0.4) is 0 Å². The second-order valence-electron chi connectivity index (χ2n) is 5.33. The van der Waals surface area contributed by atoms with E-state index in [-0.39, 0.29) is 18.7 Å². The number of nitrogens with two attached hydrogens (primary N) is 1. The number of benzene rings is 2. The summed E-state index contributed by atoms with van der Waals surface area (Å²) < 4.78 is 40.1. The van der Waals surface area contributed by atoms with E-state index in [1.807, 2.05) is 0 Å². The van der Waals surface area contributed by atoms with E-state index < -0.39 is 17.2 Å². The first-order chi connectivity index (χ1) is 9.37. The molecule has 2 aromatic rings. The molecule has 1 unspecified atom stereocenters. The average Bonchev–Trinajstić information content (AvgIpc) is 2.35. The normalized spacial score (nSPS) is 14.1. The van der Waals surface area contributed by atoms with E-state index in [2.05, 4.69) is 0 Å². The third kappa shape index (κ3) is 3.61. The molecule has 106 valence electrons. The summed E-state index contributed by atoms with van der Waals surface area (Å²) in [4.78, 5) is 0. The lowest BCUT2D eigenvalue weighted by Gasteiger charge is -2.25.